The summed E-state index contributed by atoms with van der Waals surface area (Å²) in [7, 11) is 1.57. The number of carbonyl (C=O) groups excluding carboxylic acids is 2. The lowest BCUT2D eigenvalue weighted by molar-refractivity contribution is -0.129. The zero-order valence-electron chi connectivity index (χ0n) is 16.8. The standard InChI is InChI=1S/C22H25ClN2O4/c1-4-28-19-12-6-16(14-20(19)29-5-2)7-13-22(27)25(3)15-21(26)24-18-10-8-17(23)9-11-18/h6-14H,4-5,15H2,1-3H3,(H,24,26)/b13-7+. The van der Waals surface area contributed by atoms with Crippen LogP contribution in [0.25, 0.3) is 6.08 Å². The number of amides is 2. The van der Waals surface area contributed by atoms with Crippen molar-refractivity contribution in [3.05, 3.63) is 59.1 Å². The molecule has 0 bridgehead atoms. The van der Waals surface area contributed by atoms with Crippen LogP contribution in [0.1, 0.15) is 19.4 Å². The summed E-state index contributed by atoms with van der Waals surface area (Å²) in [6.07, 6.45) is 3.09. The fraction of sp³-hybridized carbons (Fsp3) is 0.273. The van der Waals surface area contributed by atoms with Crippen molar-refractivity contribution < 1.29 is 19.1 Å². The second-order valence-corrected chi connectivity index (χ2v) is 6.59. The summed E-state index contributed by atoms with van der Waals surface area (Å²) in [5, 5.41) is 3.31. The second kappa shape index (κ2) is 11.1. The SMILES string of the molecule is CCOc1ccc(/C=C/C(=O)N(C)CC(=O)Nc2ccc(Cl)cc2)cc1OCC. The Morgan fingerprint density at radius 2 is 1.69 bits per heavy atom. The molecule has 2 aromatic carbocycles. The van der Waals surface area contributed by atoms with Crippen molar-refractivity contribution in [2.45, 2.75) is 13.8 Å². The molecule has 0 aliphatic heterocycles. The van der Waals surface area contributed by atoms with Crippen molar-refractivity contribution in [3.63, 3.8) is 0 Å². The van der Waals surface area contributed by atoms with Gasteiger partial charge in [-0.1, -0.05) is 17.7 Å². The number of nitrogens with zero attached hydrogens (tertiary/aromatic N) is 1. The summed E-state index contributed by atoms with van der Waals surface area (Å²) in [5.41, 5.74) is 1.41. The van der Waals surface area contributed by atoms with Gasteiger partial charge < -0.3 is 19.7 Å². The lowest BCUT2D eigenvalue weighted by Crippen LogP contribution is -2.33. The lowest BCUT2D eigenvalue weighted by atomic mass is 10.2. The van der Waals surface area contributed by atoms with Crippen molar-refractivity contribution in [2.75, 3.05) is 32.1 Å². The highest BCUT2D eigenvalue weighted by Crippen LogP contribution is 2.29. The Balaban J connectivity index is 1.95. The molecule has 29 heavy (non-hydrogen) atoms. The maximum atomic E-state index is 12.3. The minimum absolute atomic E-state index is 0.0702. The molecule has 0 spiro atoms. The lowest BCUT2D eigenvalue weighted by Gasteiger charge is -2.15. The summed E-state index contributed by atoms with van der Waals surface area (Å²) in [6, 6.07) is 12.2. The predicted octanol–water partition coefficient (Wildman–Crippen LogP) is 4.25. The predicted molar refractivity (Wildman–Crippen MR) is 116 cm³/mol. The number of benzene rings is 2. The highest BCUT2D eigenvalue weighted by atomic mass is 35.5. The van der Waals surface area contributed by atoms with Crippen molar-refractivity contribution in [1.29, 1.82) is 0 Å². The van der Waals surface area contributed by atoms with E-state index in [1.807, 2.05) is 32.0 Å². The van der Waals surface area contributed by atoms with Gasteiger partial charge in [0.25, 0.3) is 0 Å². The Kier molecular flexibility index (Phi) is 8.55. The van der Waals surface area contributed by atoms with E-state index in [1.54, 1.807) is 37.4 Å². The molecule has 0 fully saturated rings. The van der Waals surface area contributed by atoms with Gasteiger partial charge in [-0.05, 0) is 61.9 Å². The highest BCUT2D eigenvalue weighted by Gasteiger charge is 2.11. The van der Waals surface area contributed by atoms with Gasteiger partial charge in [0.05, 0.1) is 19.8 Å². The normalized spacial score (nSPS) is 10.6. The molecule has 7 heteroatoms. The second-order valence-electron chi connectivity index (χ2n) is 6.15. The number of halogens is 1. The van der Waals surface area contributed by atoms with Crippen LogP contribution in [-0.2, 0) is 9.59 Å². The number of hydrogen-bond donors (Lipinski definition) is 1. The van der Waals surface area contributed by atoms with E-state index in [0.717, 1.165) is 5.56 Å². The van der Waals surface area contributed by atoms with Crippen LogP contribution >= 0.6 is 11.6 Å². The minimum Gasteiger partial charge on any atom is -0.490 e. The van der Waals surface area contributed by atoms with E-state index in [1.165, 1.54) is 11.0 Å². The first kappa shape index (κ1) is 22.3. The molecular weight excluding hydrogens is 392 g/mol. The molecular formula is C22H25ClN2O4. The van der Waals surface area contributed by atoms with Crippen LogP contribution in [0, 0.1) is 0 Å². The molecule has 0 atom stereocenters. The van der Waals surface area contributed by atoms with E-state index >= 15 is 0 Å². The van der Waals surface area contributed by atoms with Crippen LogP contribution < -0.4 is 14.8 Å². The van der Waals surface area contributed by atoms with Crippen molar-refractivity contribution >= 4 is 35.2 Å². The largest absolute Gasteiger partial charge is 0.490 e. The molecule has 0 radical (unpaired) electrons. The maximum absolute atomic E-state index is 12.3. The third-order valence-electron chi connectivity index (χ3n) is 3.87. The molecule has 0 heterocycles. The van der Waals surface area contributed by atoms with E-state index < -0.39 is 0 Å². The quantitative estimate of drug-likeness (QED) is 0.620. The first-order valence-electron chi connectivity index (χ1n) is 9.31. The van der Waals surface area contributed by atoms with Crippen LogP contribution in [0.5, 0.6) is 11.5 Å². The van der Waals surface area contributed by atoms with Gasteiger partial charge in [0.15, 0.2) is 11.5 Å². The number of rotatable bonds is 9. The van der Waals surface area contributed by atoms with Gasteiger partial charge in [-0.15, -0.1) is 0 Å². The number of nitrogens with one attached hydrogen (secondary N) is 1. The number of hydrogen-bond acceptors (Lipinski definition) is 4. The van der Waals surface area contributed by atoms with E-state index in [9.17, 15) is 9.59 Å². The topological polar surface area (TPSA) is 67.9 Å². The summed E-state index contributed by atoms with van der Waals surface area (Å²) in [4.78, 5) is 25.8. The van der Waals surface area contributed by atoms with E-state index in [0.29, 0.717) is 35.4 Å². The third-order valence-corrected chi connectivity index (χ3v) is 4.12. The van der Waals surface area contributed by atoms with Crippen LogP contribution in [0.2, 0.25) is 5.02 Å². The average Bonchev–Trinajstić information content (AvgIpc) is 2.69. The fourth-order valence-corrected chi connectivity index (χ4v) is 2.62. The first-order valence-corrected chi connectivity index (χ1v) is 9.69. The van der Waals surface area contributed by atoms with Crippen molar-refractivity contribution in [3.8, 4) is 11.5 Å². The zero-order valence-corrected chi connectivity index (χ0v) is 17.5. The smallest absolute Gasteiger partial charge is 0.246 e. The molecule has 6 nitrogen and oxygen atoms in total. The maximum Gasteiger partial charge on any atom is 0.246 e. The van der Waals surface area contributed by atoms with E-state index in [4.69, 9.17) is 21.1 Å². The summed E-state index contributed by atoms with van der Waals surface area (Å²) >= 11 is 5.82. The Morgan fingerprint density at radius 1 is 1.03 bits per heavy atom. The van der Waals surface area contributed by atoms with Gasteiger partial charge in [-0.2, -0.15) is 0 Å². The molecule has 2 amide bonds. The minimum atomic E-state index is -0.295. The van der Waals surface area contributed by atoms with Crippen LogP contribution in [0.4, 0.5) is 5.69 Å². The van der Waals surface area contributed by atoms with Gasteiger partial charge >= 0.3 is 0 Å². The van der Waals surface area contributed by atoms with Gasteiger partial charge in [0.1, 0.15) is 0 Å². The molecule has 0 aliphatic carbocycles. The Hall–Kier alpha value is -2.99. The molecule has 154 valence electrons. The monoisotopic (exact) mass is 416 g/mol. The molecule has 1 N–H and O–H groups in total. The molecule has 2 aromatic rings. The molecule has 0 aromatic heterocycles. The Morgan fingerprint density at radius 3 is 2.34 bits per heavy atom. The summed E-state index contributed by atoms with van der Waals surface area (Å²) in [5.74, 6) is 0.702. The van der Waals surface area contributed by atoms with Crippen molar-refractivity contribution in [1.82, 2.24) is 4.90 Å². The Bertz CT molecular complexity index is 866. The van der Waals surface area contributed by atoms with Gasteiger partial charge in [-0.3, -0.25) is 9.59 Å². The molecule has 0 aliphatic rings. The van der Waals surface area contributed by atoms with Crippen LogP contribution in [0.3, 0.4) is 0 Å². The van der Waals surface area contributed by atoms with Crippen molar-refractivity contribution in [2.24, 2.45) is 0 Å². The van der Waals surface area contributed by atoms with E-state index in [-0.39, 0.29) is 18.4 Å². The first-order chi connectivity index (χ1) is 13.9. The summed E-state index contributed by atoms with van der Waals surface area (Å²) in [6.45, 7) is 4.78. The Labute approximate surface area is 176 Å². The van der Waals surface area contributed by atoms with Gasteiger partial charge in [0.2, 0.25) is 11.8 Å². The molecule has 0 unspecified atom stereocenters. The number of likely N-dealkylation sites (N-methyl/N-ethyl adjacent to an activating group) is 1. The average molecular weight is 417 g/mol. The summed E-state index contributed by atoms with van der Waals surface area (Å²) < 4.78 is 11.1. The highest BCUT2D eigenvalue weighted by molar-refractivity contribution is 6.30. The number of ether oxygens (including phenoxy) is 2. The van der Waals surface area contributed by atoms with Gasteiger partial charge in [-0.25, -0.2) is 0 Å². The van der Waals surface area contributed by atoms with Crippen LogP contribution in [0.15, 0.2) is 48.5 Å². The fourth-order valence-electron chi connectivity index (χ4n) is 2.49. The number of carbonyl (C=O) groups is 2. The molecule has 2 rings (SSSR count). The molecule has 0 saturated heterocycles. The van der Waals surface area contributed by atoms with Gasteiger partial charge in [0, 0.05) is 23.8 Å². The number of anilines is 1. The zero-order chi connectivity index (χ0) is 21.2. The van der Waals surface area contributed by atoms with Crippen LogP contribution in [-0.4, -0.2) is 43.5 Å². The molecule has 0 saturated carbocycles. The third kappa shape index (κ3) is 7.16. The van der Waals surface area contributed by atoms with E-state index in [2.05, 4.69) is 5.32 Å².